The van der Waals surface area contributed by atoms with E-state index in [1.165, 1.54) is 0 Å². The second-order valence-electron chi connectivity index (χ2n) is 1.31. The predicted octanol–water partition coefficient (Wildman–Crippen LogP) is 1.54. The van der Waals surface area contributed by atoms with Crippen LogP contribution in [0.4, 0.5) is 0 Å². The lowest BCUT2D eigenvalue weighted by Crippen LogP contribution is -1.68. The van der Waals surface area contributed by atoms with Gasteiger partial charge in [-0.25, -0.2) is 0 Å². The molecule has 0 saturated carbocycles. The smallest absolute Gasteiger partial charge is 0.136 e. The molecule has 0 bridgehead atoms. The first-order valence-corrected chi connectivity index (χ1v) is 2.45. The normalized spacial score (nSPS) is 8.50. The maximum absolute atomic E-state index is 8.24. The number of H-pyrrole nitrogens is 1. The van der Waals surface area contributed by atoms with Gasteiger partial charge in [0.05, 0.1) is 5.02 Å². The third-order valence-electron chi connectivity index (χ3n) is 0.808. The standard InChI is InChI=1S/C5H3ClN2/c6-4-1-2-8-5(4)3-7/h1-2,8H. The maximum atomic E-state index is 8.24. The molecule has 0 aliphatic carbocycles. The van der Waals surface area contributed by atoms with Gasteiger partial charge in [-0.1, -0.05) is 11.6 Å². The SMILES string of the molecule is N#Cc1[nH]ccc1Cl. The highest BCUT2D eigenvalue weighted by atomic mass is 35.5. The summed E-state index contributed by atoms with van der Waals surface area (Å²) in [6.07, 6.45) is 1.63. The highest BCUT2D eigenvalue weighted by molar-refractivity contribution is 6.31. The molecule has 1 N–H and O–H groups in total. The lowest BCUT2D eigenvalue weighted by molar-refractivity contribution is 1.33. The van der Waals surface area contributed by atoms with E-state index in [2.05, 4.69) is 4.98 Å². The first-order valence-electron chi connectivity index (χ1n) is 2.07. The van der Waals surface area contributed by atoms with E-state index in [-0.39, 0.29) is 0 Å². The van der Waals surface area contributed by atoms with E-state index in [9.17, 15) is 0 Å². The molecule has 0 aliphatic heterocycles. The van der Waals surface area contributed by atoms with Crippen molar-refractivity contribution in [1.29, 1.82) is 5.26 Å². The zero-order valence-corrected chi connectivity index (χ0v) is 4.74. The molecule has 0 aromatic carbocycles. The van der Waals surface area contributed by atoms with Gasteiger partial charge in [-0.05, 0) is 6.07 Å². The Hall–Kier alpha value is -0.940. The molecule has 1 aromatic rings. The molecule has 40 valence electrons. The van der Waals surface area contributed by atoms with E-state index in [0.717, 1.165) is 0 Å². The number of halogens is 1. The van der Waals surface area contributed by atoms with Gasteiger partial charge in [0.15, 0.2) is 0 Å². The topological polar surface area (TPSA) is 39.6 Å². The van der Waals surface area contributed by atoms with E-state index >= 15 is 0 Å². The van der Waals surface area contributed by atoms with Crippen molar-refractivity contribution < 1.29 is 0 Å². The maximum Gasteiger partial charge on any atom is 0.136 e. The number of nitrogens with one attached hydrogen (secondary N) is 1. The highest BCUT2D eigenvalue weighted by Gasteiger charge is 1.94. The average molecular weight is 127 g/mol. The van der Waals surface area contributed by atoms with Gasteiger partial charge in [0.25, 0.3) is 0 Å². The van der Waals surface area contributed by atoms with Crippen LogP contribution < -0.4 is 0 Å². The van der Waals surface area contributed by atoms with Crippen LogP contribution in [0.15, 0.2) is 12.3 Å². The molecular formula is C5H3ClN2. The molecule has 1 heterocycles. The summed E-state index contributed by atoms with van der Waals surface area (Å²) in [6, 6.07) is 3.53. The molecule has 0 saturated heterocycles. The summed E-state index contributed by atoms with van der Waals surface area (Å²) in [4.78, 5) is 2.66. The number of hydrogen-bond acceptors (Lipinski definition) is 1. The zero-order chi connectivity index (χ0) is 5.98. The second-order valence-corrected chi connectivity index (χ2v) is 1.72. The molecule has 0 fully saturated rings. The number of aromatic amines is 1. The van der Waals surface area contributed by atoms with Crippen molar-refractivity contribution in [2.45, 2.75) is 0 Å². The van der Waals surface area contributed by atoms with E-state index in [1.807, 2.05) is 6.07 Å². The van der Waals surface area contributed by atoms with E-state index in [1.54, 1.807) is 12.3 Å². The third kappa shape index (κ3) is 0.682. The van der Waals surface area contributed by atoms with Crippen LogP contribution in [0.3, 0.4) is 0 Å². The van der Waals surface area contributed by atoms with Crippen molar-refractivity contribution in [3.05, 3.63) is 23.0 Å². The first-order chi connectivity index (χ1) is 3.84. The first kappa shape index (κ1) is 5.20. The minimum atomic E-state index is 0.423. The molecule has 1 aromatic heterocycles. The van der Waals surface area contributed by atoms with Crippen LogP contribution in [0, 0.1) is 11.3 Å². The molecule has 0 aliphatic rings. The predicted molar refractivity (Wildman–Crippen MR) is 30.5 cm³/mol. The quantitative estimate of drug-likeness (QED) is 0.563. The Kier molecular flexibility index (Phi) is 1.23. The molecule has 3 heteroatoms. The Labute approximate surface area is 51.7 Å². The molecular weight excluding hydrogens is 124 g/mol. The Morgan fingerprint density at radius 3 is 2.75 bits per heavy atom. The molecule has 0 radical (unpaired) electrons. The summed E-state index contributed by atoms with van der Waals surface area (Å²) in [6.45, 7) is 0. The molecule has 2 nitrogen and oxygen atoms in total. The molecule has 0 amide bonds. The van der Waals surface area contributed by atoms with Crippen molar-refractivity contribution in [3.8, 4) is 6.07 Å². The Morgan fingerprint density at radius 1 is 1.75 bits per heavy atom. The molecule has 0 unspecified atom stereocenters. The van der Waals surface area contributed by atoms with Gasteiger partial charge in [0.2, 0.25) is 0 Å². The fourth-order valence-corrected chi connectivity index (χ4v) is 0.596. The number of nitrogens with zero attached hydrogens (tertiary/aromatic N) is 1. The summed E-state index contributed by atoms with van der Waals surface area (Å²) in [5.41, 5.74) is 0.423. The van der Waals surface area contributed by atoms with Crippen molar-refractivity contribution in [2.75, 3.05) is 0 Å². The van der Waals surface area contributed by atoms with Crippen LogP contribution in [0.1, 0.15) is 5.69 Å². The zero-order valence-electron chi connectivity index (χ0n) is 3.98. The molecule has 8 heavy (non-hydrogen) atoms. The summed E-state index contributed by atoms with van der Waals surface area (Å²) < 4.78 is 0. The lowest BCUT2D eigenvalue weighted by Gasteiger charge is -1.75. The molecule has 0 atom stereocenters. The fourth-order valence-electron chi connectivity index (χ4n) is 0.436. The Balaban J connectivity index is 3.15. The fraction of sp³-hybridized carbons (Fsp3) is 0. The summed E-state index contributed by atoms with van der Waals surface area (Å²) in [5, 5.41) is 8.72. The van der Waals surface area contributed by atoms with Gasteiger partial charge in [-0.3, -0.25) is 0 Å². The van der Waals surface area contributed by atoms with Crippen LogP contribution in [0.2, 0.25) is 5.02 Å². The van der Waals surface area contributed by atoms with Crippen molar-refractivity contribution in [1.82, 2.24) is 4.98 Å². The van der Waals surface area contributed by atoms with Crippen LogP contribution in [-0.2, 0) is 0 Å². The lowest BCUT2D eigenvalue weighted by atomic mass is 10.5. The number of aromatic nitrogens is 1. The van der Waals surface area contributed by atoms with Crippen LogP contribution >= 0.6 is 11.6 Å². The van der Waals surface area contributed by atoms with E-state index < -0.39 is 0 Å². The van der Waals surface area contributed by atoms with Gasteiger partial charge in [0.1, 0.15) is 11.8 Å². The Morgan fingerprint density at radius 2 is 2.50 bits per heavy atom. The Bertz CT molecular complexity index is 221. The van der Waals surface area contributed by atoms with Crippen molar-refractivity contribution in [2.24, 2.45) is 0 Å². The largest absolute Gasteiger partial charge is 0.352 e. The van der Waals surface area contributed by atoms with Gasteiger partial charge in [-0.15, -0.1) is 0 Å². The van der Waals surface area contributed by atoms with E-state index in [4.69, 9.17) is 16.9 Å². The van der Waals surface area contributed by atoms with Crippen molar-refractivity contribution in [3.63, 3.8) is 0 Å². The van der Waals surface area contributed by atoms with E-state index in [0.29, 0.717) is 10.7 Å². The van der Waals surface area contributed by atoms with Crippen LogP contribution in [0.5, 0.6) is 0 Å². The third-order valence-corrected chi connectivity index (χ3v) is 1.12. The van der Waals surface area contributed by atoms with Crippen LogP contribution in [-0.4, -0.2) is 4.98 Å². The summed E-state index contributed by atoms with van der Waals surface area (Å²) in [5.74, 6) is 0. The van der Waals surface area contributed by atoms with Crippen LogP contribution in [0.25, 0.3) is 0 Å². The number of hydrogen-bond donors (Lipinski definition) is 1. The minimum absolute atomic E-state index is 0.423. The second kappa shape index (κ2) is 1.89. The molecule has 0 spiro atoms. The van der Waals surface area contributed by atoms with Crippen molar-refractivity contribution >= 4 is 11.6 Å². The van der Waals surface area contributed by atoms with Gasteiger partial charge < -0.3 is 4.98 Å². The average Bonchev–Trinajstić information content (AvgIpc) is 2.14. The van der Waals surface area contributed by atoms with Gasteiger partial charge >= 0.3 is 0 Å². The minimum Gasteiger partial charge on any atom is -0.352 e. The van der Waals surface area contributed by atoms with Gasteiger partial charge in [0, 0.05) is 6.20 Å². The molecule has 1 rings (SSSR count). The van der Waals surface area contributed by atoms with Gasteiger partial charge in [-0.2, -0.15) is 5.26 Å². The summed E-state index contributed by atoms with van der Waals surface area (Å²) in [7, 11) is 0. The summed E-state index contributed by atoms with van der Waals surface area (Å²) >= 11 is 5.49. The number of rotatable bonds is 0. The monoisotopic (exact) mass is 126 g/mol. The number of nitriles is 1. The highest BCUT2D eigenvalue weighted by Crippen LogP contribution is 2.10.